The zero-order valence-electron chi connectivity index (χ0n) is 15.8. The van der Waals surface area contributed by atoms with E-state index in [4.69, 9.17) is 5.11 Å². The highest BCUT2D eigenvalue weighted by molar-refractivity contribution is 5.83. The minimum absolute atomic E-state index is 0.216. The van der Waals surface area contributed by atoms with Gasteiger partial charge in [-0.05, 0) is 54.1 Å². The third-order valence-corrected chi connectivity index (χ3v) is 5.07. The van der Waals surface area contributed by atoms with Crippen LogP contribution in [-0.2, 0) is 17.6 Å². The maximum absolute atomic E-state index is 10.7. The molecule has 1 unspecified atom stereocenters. The fourth-order valence-electron chi connectivity index (χ4n) is 3.78. The number of hydrogen-bond acceptors (Lipinski definition) is 3. The van der Waals surface area contributed by atoms with Gasteiger partial charge in [-0.3, -0.25) is 4.79 Å². The average molecular weight is 365 g/mol. The summed E-state index contributed by atoms with van der Waals surface area (Å²) in [5.74, 6) is -0.968. The average Bonchev–Trinajstić information content (AvgIpc) is 2.78. The monoisotopic (exact) mass is 365 g/mol. The summed E-state index contributed by atoms with van der Waals surface area (Å²) in [5.41, 5.74) is 6.64. The van der Waals surface area contributed by atoms with Gasteiger partial charge >= 0.3 is 5.97 Å². The Morgan fingerprint density at radius 3 is 2.19 bits per heavy atom. The molecule has 0 bridgehead atoms. The molecule has 0 aromatic heterocycles. The normalized spacial score (nSPS) is 14.3. The molecule has 4 nitrogen and oxygen atoms in total. The van der Waals surface area contributed by atoms with Gasteiger partial charge in [-0.2, -0.15) is 0 Å². The molecule has 2 N–H and O–H groups in total. The number of aryl methyl sites for hydroxylation is 2. The number of carboxylic acids is 1. The Morgan fingerprint density at radius 1 is 1.07 bits per heavy atom. The second kappa shape index (κ2) is 8.98. The van der Waals surface area contributed by atoms with Gasteiger partial charge in [0.15, 0.2) is 0 Å². The summed E-state index contributed by atoms with van der Waals surface area (Å²) in [4.78, 5) is 12.7. The van der Waals surface area contributed by atoms with E-state index in [-0.39, 0.29) is 6.42 Å². The van der Waals surface area contributed by atoms with Crippen LogP contribution in [0.2, 0.25) is 0 Å². The molecule has 0 saturated carbocycles. The lowest BCUT2D eigenvalue weighted by Gasteiger charge is -2.19. The van der Waals surface area contributed by atoms with Gasteiger partial charge in [-0.1, -0.05) is 54.6 Å². The first-order valence-electron chi connectivity index (χ1n) is 9.49. The number of aliphatic hydroxyl groups is 1. The van der Waals surface area contributed by atoms with Crippen LogP contribution >= 0.6 is 0 Å². The summed E-state index contributed by atoms with van der Waals surface area (Å²) in [6, 6.07) is 17.2. The molecule has 2 aromatic carbocycles. The number of carboxylic acid groups (broad SMARTS) is 1. The lowest BCUT2D eigenvalue weighted by molar-refractivity contribution is -0.139. The van der Waals surface area contributed by atoms with Crippen molar-refractivity contribution in [3.05, 3.63) is 76.9 Å². The molecule has 0 aliphatic heterocycles. The van der Waals surface area contributed by atoms with Crippen molar-refractivity contribution in [1.29, 1.82) is 0 Å². The van der Waals surface area contributed by atoms with E-state index in [0.29, 0.717) is 6.54 Å². The first-order chi connectivity index (χ1) is 13.0. The van der Waals surface area contributed by atoms with Crippen molar-refractivity contribution in [2.24, 2.45) is 0 Å². The second-order valence-electron chi connectivity index (χ2n) is 7.23. The quantitative estimate of drug-likeness (QED) is 0.790. The van der Waals surface area contributed by atoms with Crippen LogP contribution < -0.4 is 0 Å². The van der Waals surface area contributed by atoms with Gasteiger partial charge in [0.1, 0.15) is 0 Å². The van der Waals surface area contributed by atoms with E-state index in [1.54, 1.807) is 0 Å². The fraction of sp³-hybridized carbons (Fsp3) is 0.348. The van der Waals surface area contributed by atoms with Gasteiger partial charge in [0, 0.05) is 13.1 Å². The van der Waals surface area contributed by atoms with Crippen molar-refractivity contribution in [2.75, 3.05) is 20.1 Å². The summed E-state index contributed by atoms with van der Waals surface area (Å²) >= 11 is 0. The molecule has 0 heterocycles. The first kappa shape index (κ1) is 19.3. The largest absolute Gasteiger partial charge is 0.481 e. The Labute approximate surface area is 160 Å². The summed E-state index contributed by atoms with van der Waals surface area (Å²) in [5, 5.41) is 18.6. The smallest absolute Gasteiger partial charge is 0.306 e. The lowest BCUT2D eigenvalue weighted by Crippen LogP contribution is -2.31. The predicted molar refractivity (Wildman–Crippen MR) is 108 cm³/mol. The highest BCUT2D eigenvalue weighted by Crippen LogP contribution is 2.33. The van der Waals surface area contributed by atoms with Crippen LogP contribution in [0, 0.1) is 0 Å². The number of benzene rings is 2. The van der Waals surface area contributed by atoms with Crippen LogP contribution in [0.4, 0.5) is 0 Å². The van der Waals surface area contributed by atoms with Crippen molar-refractivity contribution in [1.82, 2.24) is 4.90 Å². The van der Waals surface area contributed by atoms with E-state index < -0.39 is 12.1 Å². The standard InChI is InChI=1S/C23H27NO3/c1-24(16-19(25)15-23(26)27)14-6-11-22-20-9-4-2-7-17(20)12-13-18-8-3-5-10-21(18)22/h2-5,7-11,19,25H,6,12-16H2,1H3,(H,26,27). The van der Waals surface area contributed by atoms with Gasteiger partial charge in [-0.25, -0.2) is 0 Å². The molecular weight excluding hydrogens is 338 g/mol. The number of hydrogen-bond donors (Lipinski definition) is 2. The van der Waals surface area contributed by atoms with E-state index >= 15 is 0 Å². The highest BCUT2D eigenvalue weighted by atomic mass is 16.4. The molecule has 0 amide bonds. The van der Waals surface area contributed by atoms with Gasteiger partial charge in [0.2, 0.25) is 0 Å². The zero-order chi connectivity index (χ0) is 19.2. The van der Waals surface area contributed by atoms with Gasteiger partial charge < -0.3 is 15.1 Å². The summed E-state index contributed by atoms with van der Waals surface area (Å²) in [6.45, 7) is 1.13. The Balaban J connectivity index is 1.76. The van der Waals surface area contributed by atoms with Crippen LogP contribution in [0.5, 0.6) is 0 Å². The number of nitrogens with zero attached hydrogens (tertiary/aromatic N) is 1. The number of likely N-dealkylation sites (N-methyl/N-ethyl adjacent to an activating group) is 1. The molecule has 0 saturated heterocycles. The Morgan fingerprint density at radius 2 is 1.63 bits per heavy atom. The molecule has 2 aromatic rings. The minimum Gasteiger partial charge on any atom is -0.481 e. The molecule has 1 atom stereocenters. The summed E-state index contributed by atoms with van der Waals surface area (Å²) in [7, 11) is 1.92. The highest BCUT2D eigenvalue weighted by Gasteiger charge is 2.17. The molecule has 0 radical (unpaired) electrons. The van der Waals surface area contributed by atoms with E-state index in [0.717, 1.165) is 25.8 Å². The number of rotatable bonds is 7. The molecule has 0 fully saturated rings. The van der Waals surface area contributed by atoms with E-state index in [1.807, 2.05) is 11.9 Å². The van der Waals surface area contributed by atoms with Gasteiger partial charge in [-0.15, -0.1) is 0 Å². The van der Waals surface area contributed by atoms with Crippen molar-refractivity contribution < 1.29 is 15.0 Å². The zero-order valence-corrected chi connectivity index (χ0v) is 15.8. The number of carbonyl (C=O) groups is 1. The molecule has 1 aliphatic rings. The Bertz CT molecular complexity index is 778. The lowest BCUT2D eigenvalue weighted by atomic mass is 9.93. The molecule has 27 heavy (non-hydrogen) atoms. The molecule has 3 rings (SSSR count). The Hall–Kier alpha value is -2.43. The molecule has 1 aliphatic carbocycles. The Kier molecular flexibility index (Phi) is 6.43. The van der Waals surface area contributed by atoms with E-state index in [9.17, 15) is 9.90 Å². The van der Waals surface area contributed by atoms with E-state index in [2.05, 4.69) is 54.6 Å². The topological polar surface area (TPSA) is 60.8 Å². The fourth-order valence-corrected chi connectivity index (χ4v) is 3.78. The van der Waals surface area contributed by atoms with Crippen molar-refractivity contribution >= 4 is 11.5 Å². The van der Waals surface area contributed by atoms with Crippen molar-refractivity contribution in [3.63, 3.8) is 0 Å². The van der Waals surface area contributed by atoms with E-state index in [1.165, 1.54) is 27.8 Å². The van der Waals surface area contributed by atoms with Crippen LogP contribution in [0.1, 0.15) is 35.1 Å². The molecule has 4 heteroatoms. The van der Waals surface area contributed by atoms with Crippen molar-refractivity contribution in [2.45, 2.75) is 31.8 Å². The molecular formula is C23H27NO3. The molecule has 142 valence electrons. The van der Waals surface area contributed by atoms with Crippen LogP contribution in [0.15, 0.2) is 54.6 Å². The first-order valence-corrected chi connectivity index (χ1v) is 9.49. The predicted octanol–water partition coefficient (Wildman–Crippen LogP) is 3.37. The maximum atomic E-state index is 10.7. The second-order valence-corrected chi connectivity index (χ2v) is 7.23. The third-order valence-electron chi connectivity index (χ3n) is 5.07. The van der Waals surface area contributed by atoms with Gasteiger partial charge in [0.25, 0.3) is 0 Å². The SMILES string of the molecule is CN(CCC=C1c2ccccc2CCc2ccccc21)CC(O)CC(=O)O. The maximum Gasteiger partial charge on any atom is 0.306 e. The number of aliphatic carboxylic acids is 1. The molecule has 0 spiro atoms. The van der Waals surface area contributed by atoms with Crippen LogP contribution in [0.25, 0.3) is 5.57 Å². The van der Waals surface area contributed by atoms with Crippen LogP contribution in [0.3, 0.4) is 0 Å². The minimum atomic E-state index is -0.968. The van der Waals surface area contributed by atoms with Gasteiger partial charge in [0.05, 0.1) is 12.5 Å². The third kappa shape index (κ3) is 5.06. The van der Waals surface area contributed by atoms with Crippen molar-refractivity contribution in [3.8, 4) is 0 Å². The summed E-state index contributed by atoms with van der Waals surface area (Å²) < 4.78 is 0. The summed E-state index contributed by atoms with van der Waals surface area (Å²) in [6.07, 6.45) is 4.17. The number of aliphatic hydroxyl groups excluding tert-OH is 1. The van der Waals surface area contributed by atoms with Crippen LogP contribution in [-0.4, -0.2) is 47.3 Å². The number of fused-ring (bicyclic) bond motifs is 2.